The number of thioether (sulfide) groups is 1. The van der Waals surface area contributed by atoms with Crippen LogP contribution >= 0.6 is 27.7 Å². The molecule has 0 radical (unpaired) electrons. The molecule has 0 heterocycles. The molecule has 0 aliphatic heterocycles. The van der Waals surface area contributed by atoms with Gasteiger partial charge in [0.05, 0.1) is 4.90 Å². The van der Waals surface area contributed by atoms with Crippen molar-refractivity contribution in [1.29, 1.82) is 0 Å². The van der Waals surface area contributed by atoms with Crippen molar-refractivity contribution < 1.29 is 8.42 Å². The quantitative estimate of drug-likeness (QED) is 0.771. The van der Waals surface area contributed by atoms with Gasteiger partial charge in [0.1, 0.15) is 0 Å². The molecule has 0 unspecified atom stereocenters. The molecule has 0 saturated carbocycles. The third-order valence-corrected chi connectivity index (χ3v) is 5.81. The minimum atomic E-state index is -3.11. The average molecular weight is 357 g/mol. The highest BCUT2D eigenvalue weighted by Crippen LogP contribution is 2.29. The lowest BCUT2D eigenvalue weighted by Crippen LogP contribution is -1.96. The molecule has 2 aromatic rings. The van der Waals surface area contributed by atoms with Crippen LogP contribution in [0.25, 0.3) is 0 Å². The molecule has 0 fully saturated rings. The maximum absolute atomic E-state index is 11.4. The summed E-state index contributed by atoms with van der Waals surface area (Å²) < 4.78 is 23.8. The summed E-state index contributed by atoms with van der Waals surface area (Å²) in [5.74, 6) is 0.812. The van der Waals surface area contributed by atoms with Crippen molar-refractivity contribution in [3.05, 3.63) is 58.6 Å². The monoisotopic (exact) mass is 356 g/mol. The molecule has 0 saturated heterocycles. The van der Waals surface area contributed by atoms with Crippen LogP contribution in [0.2, 0.25) is 0 Å². The summed E-state index contributed by atoms with van der Waals surface area (Å²) in [6.45, 7) is 0. The van der Waals surface area contributed by atoms with Gasteiger partial charge in [-0.2, -0.15) is 0 Å². The molecule has 100 valence electrons. The molecule has 0 amide bonds. The summed E-state index contributed by atoms with van der Waals surface area (Å²) in [5, 5.41) is 0. The van der Waals surface area contributed by atoms with Gasteiger partial charge >= 0.3 is 0 Å². The van der Waals surface area contributed by atoms with Crippen LogP contribution in [0, 0.1) is 0 Å². The Bertz CT molecular complexity index is 664. The van der Waals surface area contributed by atoms with Crippen molar-refractivity contribution in [2.24, 2.45) is 0 Å². The minimum Gasteiger partial charge on any atom is -0.224 e. The molecule has 0 spiro atoms. The van der Waals surface area contributed by atoms with Crippen LogP contribution < -0.4 is 0 Å². The van der Waals surface area contributed by atoms with Crippen LogP contribution in [-0.4, -0.2) is 14.7 Å². The lowest BCUT2D eigenvalue weighted by atomic mass is 10.2. The van der Waals surface area contributed by atoms with Gasteiger partial charge in [-0.1, -0.05) is 24.3 Å². The Morgan fingerprint density at radius 3 is 2.26 bits per heavy atom. The Labute approximate surface area is 126 Å². The number of benzene rings is 2. The fourth-order valence-electron chi connectivity index (χ4n) is 1.56. The fraction of sp³-hybridized carbons (Fsp3) is 0.143. The highest BCUT2D eigenvalue weighted by Gasteiger charge is 2.06. The Morgan fingerprint density at radius 2 is 1.68 bits per heavy atom. The van der Waals surface area contributed by atoms with E-state index in [1.807, 2.05) is 30.3 Å². The molecular weight excluding hydrogens is 344 g/mol. The van der Waals surface area contributed by atoms with Gasteiger partial charge in [-0.05, 0) is 45.8 Å². The smallest absolute Gasteiger partial charge is 0.175 e. The van der Waals surface area contributed by atoms with Gasteiger partial charge in [-0.25, -0.2) is 8.42 Å². The molecule has 19 heavy (non-hydrogen) atoms. The van der Waals surface area contributed by atoms with Crippen molar-refractivity contribution in [2.45, 2.75) is 15.5 Å². The van der Waals surface area contributed by atoms with Gasteiger partial charge in [0, 0.05) is 21.4 Å². The fourth-order valence-corrected chi connectivity index (χ4v) is 3.71. The van der Waals surface area contributed by atoms with Crippen molar-refractivity contribution in [2.75, 3.05) is 6.26 Å². The SMILES string of the molecule is CS(=O)(=O)c1ccc(CSc2ccccc2Br)cc1. The summed E-state index contributed by atoms with van der Waals surface area (Å²) in [6.07, 6.45) is 1.22. The molecule has 2 rings (SSSR count). The zero-order chi connectivity index (χ0) is 13.9. The lowest BCUT2D eigenvalue weighted by Gasteiger charge is -2.05. The van der Waals surface area contributed by atoms with Gasteiger partial charge in [0.15, 0.2) is 9.84 Å². The first-order valence-corrected chi connectivity index (χ1v) is 9.30. The zero-order valence-corrected chi connectivity index (χ0v) is 13.6. The maximum atomic E-state index is 11.4. The van der Waals surface area contributed by atoms with Gasteiger partial charge in [0.25, 0.3) is 0 Å². The van der Waals surface area contributed by atoms with E-state index in [1.165, 1.54) is 11.2 Å². The Balaban J connectivity index is 2.07. The number of hydrogen-bond acceptors (Lipinski definition) is 3. The summed E-state index contributed by atoms with van der Waals surface area (Å²) in [4.78, 5) is 1.54. The number of rotatable bonds is 4. The van der Waals surface area contributed by atoms with Crippen LogP contribution in [-0.2, 0) is 15.6 Å². The first-order chi connectivity index (χ1) is 8.97. The van der Waals surface area contributed by atoms with E-state index in [1.54, 1.807) is 23.9 Å². The third-order valence-electron chi connectivity index (χ3n) is 2.58. The van der Waals surface area contributed by atoms with E-state index in [0.29, 0.717) is 4.90 Å². The van der Waals surface area contributed by atoms with Gasteiger partial charge in [0.2, 0.25) is 0 Å². The standard InChI is InChI=1S/C14H13BrO2S2/c1-19(16,17)12-8-6-11(7-9-12)10-18-14-5-3-2-4-13(14)15/h2-9H,10H2,1H3. The second-order valence-corrected chi connectivity index (χ2v) is 8.02. The Kier molecular flexibility index (Phi) is 4.71. The molecule has 5 heteroatoms. The van der Waals surface area contributed by atoms with E-state index in [0.717, 1.165) is 15.8 Å². The van der Waals surface area contributed by atoms with Gasteiger partial charge in [-0.15, -0.1) is 11.8 Å². The number of hydrogen-bond donors (Lipinski definition) is 0. The number of sulfone groups is 1. The predicted molar refractivity (Wildman–Crippen MR) is 83.3 cm³/mol. The molecule has 2 nitrogen and oxygen atoms in total. The predicted octanol–water partition coefficient (Wildman–Crippen LogP) is 4.14. The molecule has 2 aromatic carbocycles. The summed E-state index contributed by atoms with van der Waals surface area (Å²) in [7, 11) is -3.11. The second kappa shape index (κ2) is 6.11. The first-order valence-electron chi connectivity index (χ1n) is 5.63. The van der Waals surface area contributed by atoms with E-state index in [-0.39, 0.29) is 0 Å². The second-order valence-electron chi connectivity index (χ2n) is 4.14. The van der Waals surface area contributed by atoms with E-state index in [2.05, 4.69) is 22.0 Å². The van der Waals surface area contributed by atoms with Crippen molar-refractivity contribution in [3.63, 3.8) is 0 Å². The molecule has 0 bridgehead atoms. The van der Waals surface area contributed by atoms with Crippen molar-refractivity contribution in [1.82, 2.24) is 0 Å². The first kappa shape index (κ1) is 14.6. The Morgan fingerprint density at radius 1 is 1.05 bits per heavy atom. The topological polar surface area (TPSA) is 34.1 Å². The van der Waals surface area contributed by atoms with Crippen molar-refractivity contribution >= 4 is 37.5 Å². The molecule has 0 aliphatic rings. The van der Waals surface area contributed by atoms with Gasteiger partial charge < -0.3 is 0 Å². The van der Waals surface area contributed by atoms with Gasteiger partial charge in [-0.3, -0.25) is 0 Å². The largest absolute Gasteiger partial charge is 0.224 e. The van der Waals surface area contributed by atoms with E-state index < -0.39 is 9.84 Å². The van der Waals surface area contributed by atoms with E-state index in [4.69, 9.17) is 0 Å². The molecule has 0 aromatic heterocycles. The third kappa shape index (κ3) is 4.09. The Hall–Kier alpha value is -0.780. The zero-order valence-electron chi connectivity index (χ0n) is 10.3. The normalized spacial score (nSPS) is 11.5. The molecule has 0 N–H and O–H groups in total. The summed E-state index contributed by atoms with van der Waals surface area (Å²) in [6, 6.07) is 15.1. The van der Waals surface area contributed by atoms with E-state index >= 15 is 0 Å². The molecule has 0 aliphatic carbocycles. The minimum absolute atomic E-state index is 0.363. The maximum Gasteiger partial charge on any atom is 0.175 e. The summed E-state index contributed by atoms with van der Waals surface area (Å²) >= 11 is 5.22. The lowest BCUT2D eigenvalue weighted by molar-refractivity contribution is 0.602. The van der Waals surface area contributed by atoms with Crippen LogP contribution in [0.15, 0.2) is 62.8 Å². The highest BCUT2D eigenvalue weighted by molar-refractivity contribution is 9.10. The van der Waals surface area contributed by atoms with Crippen LogP contribution in [0.4, 0.5) is 0 Å². The van der Waals surface area contributed by atoms with Crippen molar-refractivity contribution in [3.8, 4) is 0 Å². The summed E-state index contributed by atoms with van der Waals surface area (Å²) in [5.41, 5.74) is 1.10. The average Bonchev–Trinajstić information content (AvgIpc) is 2.37. The van der Waals surface area contributed by atoms with E-state index in [9.17, 15) is 8.42 Å². The van der Waals surface area contributed by atoms with Crippen LogP contribution in [0.1, 0.15) is 5.56 Å². The number of halogens is 1. The van der Waals surface area contributed by atoms with Crippen LogP contribution in [0.5, 0.6) is 0 Å². The van der Waals surface area contributed by atoms with Crippen LogP contribution in [0.3, 0.4) is 0 Å². The molecular formula is C14H13BrO2S2. The molecule has 0 atom stereocenters. The highest BCUT2D eigenvalue weighted by atomic mass is 79.9.